The van der Waals surface area contributed by atoms with E-state index in [-0.39, 0.29) is 5.69 Å². The number of nitrogens with one attached hydrogen (secondary N) is 2. The Balaban J connectivity index is 1.54. The number of hydrogen-bond acceptors (Lipinski definition) is 10. The minimum Gasteiger partial charge on any atom is -0.461 e. The molecule has 1 aromatic carbocycles. The summed E-state index contributed by atoms with van der Waals surface area (Å²) in [4.78, 5) is 20.7. The number of aryl methyl sites for hydroxylation is 1. The Hall–Kier alpha value is -3.11. The average Bonchev–Trinajstić information content (AvgIpc) is 3.35. The number of ether oxygens (including phenoxy) is 1. The molecular weight excluding hydrogens is 420 g/mol. The summed E-state index contributed by atoms with van der Waals surface area (Å²) >= 11 is 2.89. The SMILES string of the molecule is CCOC(=O)c1csc(Nc2nnc(Nc3nc4c(C)cccc4s3)c(C)c2C)n1. The molecule has 0 fully saturated rings. The van der Waals surface area contributed by atoms with Gasteiger partial charge in [-0.15, -0.1) is 21.5 Å². The first-order valence-corrected chi connectivity index (χ1v) is 11.0. The van der Waals surface area contributed by atoms with E-state index in [9.17, 15) is 4.79 Å². The van der Waals surface area contributed by atoms with Crippen LogP contribution >= 0.6 is 22.7 Å². The van der Waals surface area contributed by atoms with Crippen LogP contribution in [0.15, 0.2) is 23.6 Å². The van der Waals surface area contributed by atoms with E-state index in [1.54, 1.807) is 23.6 Å². The molecule has 3 aromatic heterocycles. The Morgan fingerprint density at radius 2 is 1.73 bits per heavy atom. The van der Waals surface area contributed by atoms with Gasteiger partial charge in [-0.1, -0.05) is 23.5 Å². The summed E-state index contributed by atoms with van der Waals surface area (Å²) < 4.78 is 6.10. The fraction of sp³-hybridized carbons (Fsp3) is 0.250. The smallest absolute Gasteiger partial charge is 0.357 e. The van der Waals surface area contributed by atoms with Crippen LogP contribution in [-0.2, 0) is 4.74 Å². The molecule has 0 aliphatic rings. The van der Waals surface area contributed by atoms with E-state index < -0.39 is 5.97 Å². The van der Waals surface area contributed by atoms with Gasteiger partial charge in [-0.25, -0.2) is 14.8 Å². The summed E-state index contributed by atoms with van der Waals surface area (Å²) in [6, 6.07) is 6.13. The largest absolute Gasteiger partial charge is 0.461 e. The van der Waals surface area contributed by atoms with E-state index in [1.807, 2.05) is 32.9 Å². The van der Waals surface area contributed by atoms with Crippen molar-refractivity contribution in [2.75, 3.05) is 17.2 Å². The summed E-state index contributed by atoms with van der Waals surface area (Å²) in [6.45, 7) is 8.05. The van der Waals surface area contributed by atoms with Gasteiger partial charge in [0.1, 0.15) is 0 Å². The lowest BCUT2D eigenvalue weighted by Gasteiger charge is -2.11. The Morgan fingerprint density at radius 1 is 1.03 bits per heavy atom. The maximum Gasteiger partial charge on any atom is 0.357 e. The zero-order chi connectivity index (χ0) is 21.3. The third-order valence-electron chi connectivity index (χ3n) is 4.58. The van der Waals surface area contributed by atoms with E-state index >= 15 is 0 Å². The van der Waals surface area contributed by atoms with E-state index in [0.29, 0.717) is 23.4 Å². The molecule has 0 aliphatic heterocycles. The van der Waals surface area contributed by atoms with Gasteiger partial charge in [-0.2, -0.15) is 0 Å². The second-order valence-corrected chi connectivity index (χ2v) is 8.49. The standard InChI is InChI=1S/C20H20N6O2S2/c1-5-28-18(27)13-9-29-19(21-13)23-16-11(3)12(4)17(26-25-16)24-20-22-15-10(2)7-6-8-14(15)30-20/h6-9H,5H2,1-4H3,(H,21,23,25)(H,22,24,26). The molecule has 8 nitrogen and oxygen atoms in total. The summed E-state index contributed by atoms with van der Waals surface area (Å²) in [5.41, 5.74) is 4.28. The lowest BCUT2D eigenvalue weighted by atomic mass is 10.2. The first kappa shape index (κ1) is 20.2. The van der Waals surface area contributed by atoms with Crippen molar-refractivity contribution in [3.05, 3.63) is 46.0 Å². The fourth-order valence-corrected chi connectivity index (χ4v) is 4.44. The van der Waals surface area contributed by atoms with Crippen LogP contribution < -0.4 is 10.6 Å². The van der Waals surface area contributed by atoms with Gasteiger partial charge in [-0.3, -0.25) is 0 Å². The van der Waals surface area contributed by atoms with Crippen LogP contribution in [0, 0.1) is 20.8 Å². The quantitative estimate of drug-likeness (QED) is 0.398. The van der Waals surface area contributed by atoms with Crippen molar-refractivity contribution >= 4 is 60.8 Å². The summed E-state index contributed by atoms with van der Waals surface area (Å²) in [5, 5.41) is 18.0. The maximum atomic E-state index is 11.8. The van der Waals surface area contributed by atoms with Crippen molar-refractivity contribution in [3.63, 3.8) is 0 Å². The highest BCUT2D eigenvalue weighted by Gasteiger charge is 2.15. The number of aromatic nitrogens is 4. The second kappa shape index (κ2) is 8.33. The Kier molecular flexibility index (Phi) is 5.60. The number of nitrogens with zero attached hydrogens (tertiary/aromatic N) is 4. The lowest BCUT2D eigenvalue weighted by molar-refractivity contribution is 0.0520. The topological polar surface area (TPSA) is 102 Å². The predicted octanol–water partition coefficient (Wildman–Crippen LogP) is 5.13. The molecule has 4 rings (SSSR count). The summed E-state index contributed by atoms with van der Waals surface area (Å²) in [5.74, 6) is 0.801. The number of carbonyl (C=O) groups excluding carboxylic acids is 1. The van der Waals surface area contributed by atoms with E-state index in [1.165, 1.54) is 11.3 Å². The number of benzene rings is 1. The second-order valence-electron chi connectivity index (χ2n) is 6.60. The fourth-order valence-electron chi connectivity index (χ4n) is 2.81. The van der Waals surface area contributed by atoms with Crippen LogP contribution in [0.3, 0.4) is 0 Å². The molecule has 0 spiro atoms. The van der Waals surface area contributed by atoms with E-state index in [2.05, 4.69) is 36.9 Å². The van der Waals surface area contributed by atoms with Crippen LogP contribution in [0.2, 0.25) is 0 Å². The molecule has 154 valence electrons. The molecule has 0 aliphatic carbocycles. The number of rotatable bonds is 6. The van der Waals surface area contributed by atoms with Crippen molar-refractivity contribution in [1.29, 1.82) is 0 Å². The molecule has 2 N–H and O–H groups in total. The molecule has 0 unspecified atom stereocenters. The zero-order valence-corrected chi connectivity index (χ0v) is 18.6. The molecule has 0 bridgehead atoms. The average molecular weight is 441 g/mol. The number of anilines is 4. The number of para-hydroxylation sites is 1. The molecule has 0 saturated carbocycles. The Labute approximate surface area is 181 Å². The van der Waals surface area contributed by atoms with Gasteiger partial charge in [0, 0.05) is 16.5 Å². The van der Waals surface area contributed by atoms with Gasteiger partial charge in [0.25, 0.3) is 0 Å². The number of carbonyl (C=O) groups is 1. The van der Waals surface area contributed by atoms with Crippen molar-refractivity contribution in [3.8, 4) is 0 Å². The summed E-state index contributed by atoms with van der Waals surface area (Å²) in [7, 11) is 0. The third-order valence-corrected chi connectivity index (χ3v) is 6.28. The predicted molar refractivity (Wildman–Crippen MR) is 120 cm³/mol. The monoisotopic (exact) mass is 440 g/mol. The molecule has 10 heteroatoms. The first-order valence-electron chi connectivity index (χ1n) is 9.33. The molecule has 4 aromatic rings. The van der Waals surface area contributed by atoms with E-state index in [0.717, 1.165) is 32.0 Å². The molecule has 0 amide bonds. The Bertz CT molecular complexity index is 1230. The van der Waals surface area contributed by atoms with Crippen molar-refractivity contribution in [2.45, 2.75) is 27.7 Å². The highest BCUT2D eigenvalue weighted by Crippen LogP contribution is 2.32. The normalized spacial score (nSPS) is 10.9. The molecule has 0 saturated heterocycles. The highest BCUT2D eigenvalue weighted by molar-refractivity contribution is 7.22. The van der Waals surface area contributed by atoms with Crippen LogP contribution in [-0.4, -0.2) is 32.7 Å². The minimum atomic E-state index is -0.439. The first-order chi connectivity index (χ1) is 14.5. The number of fused-ring (bicyclic) bond motifs is 1. The summed E-state index contributed by atoms with van der Waals surface area (Å²) in [6.07, 6.45) is 0. The van der Waals surface area contributed by atoms with Crippen LogP contribution in [0.5, 0.6) is 0 Å². The van der Waals surface area contributed by atoms with Gasteiger partial charge in [0.05, 0.1) is 16.8 Å². The van der Waals surface area contributed by atoms with Crippen LogP contribution in [0.25, 0.3) is 10.2 Å². The maximum absolute atomic E-state index is 11.8. The number of esters is 1. The van der Waals surface area contributed by atoms with Gasteiger partial charge in [-0.05, 0) is 39.3 Å². The third kappa shape index (κ3) is 3.96. The lowest BCUT2D eigenvalue weighted by Crippen LogP contribution is -2.06. The molecule has 30 heavy (non-hydrogen) atoms. The number of hydrogen-bond donors (Lipinski definition) is 2. The number of thiazole rings is 2. The van der Waals surface area contributed by atoms with Crippen molar-refractivity contribution < 1.29 is 9.53 Å². The van der Waals surface area contributed by atoms with Crippen LogP contribution in [0.1, 0.15) is 34.1 Å². The molecule has 3 heterocycles. The minimum absolute atomic E-state index is 0.274. The molecule has 0 atom stereocenters. The van der Waals surface area contributed by atoms with Crippen molar-refractivity contribution in [1.82, 2.24) is 20.2 Å². The van der Waals surface area contributed by atoms with Gasteiger partial charge >= 0.3 is 5.97 Å². The van der Waals surface area contributed by atoms with Gasteiger partial charge < -0.3 is 15.4 Å². The Morgan fingerprint density at radius 3 is 2.40 bits per heavy atom. The van der Waals surface area contributed by atoms with Gasteiger partial charge in [0.2, 0.25) is 0 Å². The van der Waals surface area contributed by atoms with Gasteiger partial charge in [0.15, 0.2) is 27.6 Å². The van der Waals surface area contributed by atoms with E-state index in [4.69, 9.17) is 4.74 Å². The van der Waals surface area contributed by atoms with Crippen molar-refractivity contribution in [2.24, 2.45) is 0 Å². The molecule has 0 radical (unpaired) electrons. The molecular formula is C20H20N6O2S2. The zero-order valence-electron chi connectivity index (χ0n) is 16.9. The highest BCUT2D eigenvalue weighted by atomic mass is 32.1. The van der Waals surface area contributed by atoms with Crippen LogP contribution in [0.4, 0.5) is 21.9 Å².